The maximum absolute atomic E-state index is 13.1. The Kier molecular flexibility index (Phi) is 1.48. The predicted molar refractivity (Wildman–Crippen MR) is 46.2 cm³/mol. The first kappa shape index (κ1) is 7.74. The zero-order valence-electron chi connectivity index (χ0n) is 7.29. The second-order valence-corrected chi connectivity index (χ2v) is 3.50. The second-order valence-electron chi connectivity index (χ2n) is 3.50. The van der Waals surface area contributed by atoms with Crippen LogP contribution in [0.15, 0.2) is 30.3 Å². The van der Waals surface area contributed by atoms with Gasteiger partial charge >= 0.3 is 0 Å². The van der Waals surface area contributed by atoms with Crippen LogP contribution in [0.25, 0.3) is 0 Å². The van der Waals surface area contributed by atoms with Gasteiger partial charge in [-0.05, 0) is 19.4 Å². The Morgan fingerprint density at radius 3 is 2.25 bits per heavy atom. The second kappa shape index (κ2) is 2.30. The van der Waals surface area contributed by atoms with E-state index in [9.17, 15) is 4.48 Å². The Morgan fingerprint density at radius 1 is 1.33 bits per heavy atom. The van der Waals surface area contributed by atoms with Crippen molar-refractivity contribution < 1.29 is 4.48 Å². The largest absolute Gasteiger partial charge is 0.133 e. The lowest BCUT2D eigenvalue weighted by Crippen LogP contribution is -2.07. The molecule has 1 unspecified atom stereocenters. The zero-order chi connectivity index (χ0) is 8.77. The highest BCUT2D eigenvalue weighted by Gasteiger charge is 2.59. The van der Waals surface area contributed by atoms with E-state index in [0.29, 0.717) is 0 Å². The van der Waals surface area contributed by atoms with Gasteiger partial charge in [0.05, 0.1) is 11.6 Å². The quantitative estimate of drug-likeness (QED) is 0.456. The van der Waals surface area contributed by atoms with Crippen molar-refractivity contribution in [1.82, 2.24) is 5.12 Å². The first-order chi connectivity index (χ1) is 5.67. The summed E-state index contributed by atoms with van der Waals surface area (Å²) in [5.41, 5.74) is 0.682. The van der Waals surface area contributed by atoms with E-state index < -0.39 is 0 Å². The third kappa shape index (κ3) is 0.815. The Hall–Kier alpha value is -0.890. The van der Waals surface area contributed by atoms with Crippen molar-refractivity contribution in [3.8, 4) is 0 Å². The minimum absolute atomic E-state index is 0.0138. The number of hydrogen-bond acceptors (Lipinski definition) is 1. The van der Waals surface area contributed by atoms with Gasteiger partial charge in [-0.3, -0.25) is 0 Å². The molecule has 1 nitrogen and oxygen atoms in total. The Labute approximate surface area is 71.7 Å². The van der Waals surface area contributed by atoms with E-state index in [1.165, 1.54) is 0 Å². The molecule has 0 N–H and O–H groups in total. The smallest absolute Gasteiger partial charge is 0.0915 e. The van der Waals surface area contributed by atoms with Crippen molar-refractivity contribution in [2.24, 2.45) is 0 Å². The molecule has 12 heavy (non-hydrogen) atoms. The van der Waals surface area contributed by atoms with Crippen LogP contribution in [0.3, 0.4) is 0 Å². The van der Waals surface area contributed by atoms with E-state index >= 15 is 0 Å². The molecule has 1 saturated heterocycles. The molecule has 64 valence electrons. The van der Waals surface area contributed by atoms with Crippen molar-refractivity contribution in [1.29, 1.82) is 0 Å². The van der Waals surface area contributed by atoms with Gasteiger partial charge < -0.3 is 0 Å². The lowest BCUT2D eigenvalue weighted by Gasteiger charge is -2.06. The molecule has 0 bridgehead atoms. The average Bonchev–Trinajstić information content (AvgIpc) is 2.60. The van der Waals surface area contributed by atoms with Gasteiger partial charge in [0.15, 0.2) is 0 Å². The predicted octanol–water partition coefficient (Wildman–Crippen LogP) is 2.49. The summed E-state index contributed by atoms with van der Waals surface area (Å²) >= 11 is 0. The molecular formula is C10H12FN. The van der Waals surface area contributed by atoms with Crippen molar-refractivity contribution in [2.75, 3.05) is 0 Å². The summed E-state index contributed by atoms with van der Waals surface area (Å²) in [6, 6.07) is 9.79. The van der Waals surface area contributed by atoms with Crippen LogP contribution in [-0.2, 0) is 5.54 Å². The van der Waals surface area contributed by atoms with Crippen LogP contribution >= 0.6 is 0 Å². The molecule has 2 heteroatoms. The van der Waals surface area contributed by atoms with Gasteiger partial charge in [-0.25, -0.2) is 0 Å². The number of hydrogen-bond donors (Lipinski definition) is 0. The fourth-order valence-electron chi connectivity index (χ4n) is 1.65. The van der Waals surface area contributed by atoms with Crippen molar-refractivity contribution in [2.45, 2.75) is 25.4 Å². The normalized spacial score (nSPS) is 39.6. The molecule has 1 aromatic rings. The van der Waals surface area contributed by atoms with Crippen LogP contribution in [0.5, 0.6) is 0 Å². The van der Waals surface area contributed by atoms with E-state index in [0.717, 1.165) is 10.7 Å². The Morgan fingerprint density at radius 2 is 1.83 bits per heavy atom. The summed E-state index contributed by atoms with van der Waals surface area (Å²) in [6.07, 6.45) is 0. The monoisotopic (exact) mass is 165 g/mol. The number of rotatable bonds is 1. The highest BCUT2D eigenvalue weighted by molar-refractivity contribution is 5.31. The molecule has 0 aliphatic carbocycles. The summed E-state index contributed by atoms with van der Waals surface area (Å²) in [5.74, 6) is 0. The zero-order valence-corrected chi connectivity index (χ0v) is 7.29. The molecule has 1 aliphatic heterocycles. The van der Waals surface area contributed by atoms with Gasteiger partial charge in [-0.15, -0.1) is 9.60 Å². The fraction of sp³-hybridized carbons (Fsp3) is 0.400. The van der Waals surface area contributed by atoms with Crippen LogP contribution in [0.1, 0.15) is 19.4 Å². The molecule has 1 aromatic carbocycles. The third-order valence-electron chi connectivity index (χ3n) is 2.89. The molecule has 0 spiro atoms. The third-order valence-corrected chi connectivity index (χ3v) is 2.89. The minimum atomic E-state index is -0.374. The fourth-order valence-corrected chi connectivity index (χ4v) is 1.65. The summed E-state index contributed by atoms with van der Waals surface area (Å²) < 4.78 is 13.1. The molecule has 2 rings (SSSR count). The molecular weight excluding hydrogens is 153 g/mol. The topological polar surface area (TPSA) is 3.01 Å². The van der Waals surface area contributed by atoms with E-state index in [1.807, 2.05) is 44.2 Å². The highest BCUT2D eigenvalue weighted by Crippen LogP contribution is 2.49. The van der Waals surface area contributed by atoms with Gasteiger partial charge in [-0.2, -0.15) is 0 Å². The van der Waals surface area contributed by atoms with Crippen molar-refractivity contribution in [3.63, 3.8) is 0 Å². The first-order valence-corrected chi connectivity index (χ1v) is 4.18. The van der Waals surface area contributed by atoms with E-state index in [4.69, 9.17) is 0 Å². The van der Waals surface area contributed by atoms with Crippen molar-refractivity contribution >= 4 is 0 Å². The molecule has 0 amide bonds. The minimum Gasteiger partial charge on any atom is -0.133 e. The van der Waals surface area contributed by atoms with Crippen LogP contribution in [-0.4, -0.2) is 11.2 Å². The van der Waals surface area contributed by atoms with Gasteiger partial charge in [-0.1, -0.05) is 30.3 Å². The molecule has 1 aliphatic rings. The standard InChI is InChI=1S/C10H12FN/c1-8-10(2,12(8)11)9-6-4-3-5-7-9/h3-8H,1-2H3/t8-,10-,12?/m0/s1. The lowest BCUT2D eigenvalue weighted by molar-refractivity contribution is 0.126. The van der Waals surface area contributed by atoms with Crippen LogP contribution in [0.4, 0.5) is 4.48 Å². The van der Waals surface area contributed by atoms with E-state index in [-0.39, 0.29) is 11.6 Å². The number of benzene rings is 1. The SMILES string of the molecule is C[C@@H]1N(F)[C@]1(C)c1ccccc1. The summed E-state index contributed by atoms with van der Waals surface area (Å²) in [6.45, 7) is 3.82. The van der Waals surface area contributed by atoms with E-state index in [1.54, 1.807) is 0 Å². The Balaban J connectivity index is 2.34. The van der Waals surface area contributed by atoms with Crippen LogP contribution < -0.4 is 0 Å². The van der Waals surface area contributed by atoms with Gasteiger partial charge in [0.2, 0.25) is 0 Å². The molecule has 1 heterocycles. The van der Waals surface area contributed by atoms with Gasteiger partial charge in [0.1, 0.15) is 0 Å². The molecule has 1 fully saturated rings. The van der Waals surface area contributed by atoms with Gasteiger partial charge in [0.25, 0.3) is 0 Å². The van der Waals surface area contributed by atoms with Gasteiger partial charge in [0, 0.05) is 0 Å². The number of nitrogens with zero attached hydrogens (tertiary/aromatic N) is 1. The summed E-state index contributed by atoms with van der Waals surface area (Å²) in [4.78, 5) is 0. The molecule has 3 atom stereocenters. The lowest BCUT2D eigenvalue weighted by atomic mass is 9.98. The molecule has 0 radical (unpaired) electrons. The van der Waals surface area contributed by atoms with Crippen molar-refractivity contribution in [3.05, 3.63) is 35.9 Å². The Bertz CT molecular complexity index is 275. The average molecular weight is 165 g/mol. The van der Waals surface area contributed by atoms with Crippen LogP contribution in [0, 0.1) is 0 Å². The maximum atomic E-state index is 13.1. The molecule has 0 saturated carbocycles. The number of halogens is 1. The van der Waals surface area contributed by atoms with E-state index in [2.05, 4.69) is 0 Å². The summed E-state index contributed by atoms with van der Waals surface area (Å²) in [5, 5.41) is 0.891. The van der Waals surface area contributed by atoms with Crippen LogP contribution in [0.2, 0.25) is 0 Å². The molecule has 0 aromatic heterocycles. The summed E-state index contributed by atoms with van der Waals surface area (Å²) in [7, 11) is 0. The first-order valence-electron chi connectivity index (χ1n) is 4.18. The highest BCUT2D eigenvalue weighted by atomic mass is 19.2. The maximum Gasteiger partial charge on any atom is 0.0915 e.